The van der Waals surface area contributed by atoms with Gasteiger partial charge in [-0.1, -0.05) is 23.4 Å². The van der Waals surface area contributed by atoms with Gasteiger partial charge in [-0.05, 0) is 24.3 Å². The van der Waals surface area contributed by atoms with Crippen molar-refractivity contribution in [1.82, 2.24) is 4.90 Å². The molecule has 0 unspecified atom stereocenters. The van der Waals surface area contributed by atoms with Crippen molar-refractivity contribution in [3.05, 3.63) is 29.3 Å². The van der Waals surface area contributed by atoms with Gasteiger partial charge in [-0.25, -0.2) is 0 Å². The van der Waals surface area contributed by atoms with Crippen LogP contribution in [-0.4, -0.2) is 46.2 Å². The monoisotopic (exact) mass is 301 g/mol. The van der Waals surface area contributed by atoms with Crippen LogP contribution in [0.15, 0.2) is 24.3 Å². The fraction of sp³-hybridized carbons (Fsp3) is 0.333. The third-order valence-corrected chi connectivity index (χ3v) is 3.60. The minimum Gasteiger partial charge on any atom is -0.491 e. The van der Waals surface area contributed by atoms with Crippen LogP contribution in [0, 0.1) is 0 Å². The first-order valence-corrected chi connectivity index (χ1v) is 6.96. The Labute approximate surface area is 119 Å². The molecule has 1 aromatic carbocycles. The standard InChI is InChI=1S/C12H12ClNO4S/c13-8-1-3-10(4-2-8)18-6-9(15)5-14-11(16)7-19-12(14)17/h1-4,9,15H,5-7H2/t9-/m1/s1. The number of hydrogen-bond acceptors (Lipinski definition) is 5. The number of aliphatic hydroxyl groups excluding tert-OH is 1. The minimum absolute atomic E-state index is 0.00333. The molecule has 0 saturated carbocycles. The zero-order chi connectivity index (χ0) is 13.8. The summed E-state index contributed by atoms with van der Waals surface area (Å²) in [5, 5.41) is 10.0. The highest BCUT2D eigenvalue weighted by atomic mass is 35.5. The van der Waals surface area contributed by atoms with Gasteiger partial charge in [0.2, 0.25) is 5.91 Å². The van der Waals surface area contributed by atoms with Crippen molar-refractivity contribution in [2.75, 3.05) is 18.9 Å². The van der Waals surface area contributed by atoms with Crippen molar-refractivity contribution < 1.29 is 19.4 Å². The summed E-state index contributed by atoms with van der Waals surface area (Å²) >= 11 is 6.67. The second kappa shape index (κ2) is 6.27. The summed E-state index contributed by atoms with van der Waals surface area (Å²) < 4.78 is 5.34. The van der Waals surface area contributed by atoms with E-state index < -0.39 is 6.10 Å². The van der Waals surface area contributed by atoms with Gasteiger partial charge in [0.05, 0.1) is 12.3 Å². The summed E-state index contributed by atoms with van der Waals surface area (Å²) in [4.78, 5) is 23.7. The maximum atomic E-state index is 11.3. The number of rotatable bonds is 5. The summed E-state index contributed by atoms with van der Waals surface area (Å²) in [6.45, 7) is -0.0401. The highest BCUT2D eigenvalue weighted by Crippen LogP contribution is 2.19. The van der Waals surface area contributed by atoms with Crippen LogP contribution in [0.5, 0.6) is 5.75 Å². The summed E-state index contributed by atoms with van der Waals surface area (Å²) in [6, 6.07) is 6.70. The minimum atomic E-state index is -0.915. The first kappa shape index (κ1) is 14.2. The zero-order valence-corrected chi connectivity index (χ0v) is 11.5. The molecule has 0 radical (unpaired) electrons. The summed E-state index contributed by atoms with van der Waals surface area (Å²) in [5.74, 6) is 0.432. The number of carbonyl (C=O) groups is 2. The fourth-order valence-corrected chi connectivity index (χ4v) is 2.41. The zero-order valence-electron chi connectivity index (χ0n) is 9.91. The molecule has 0 bridgehead atoms. The van der Waals surface area contributed by atoms with Gasteiger partial charge in [-0.3, -0.25) is 14.5 Å². The third kappa shape index (κ3) is 3.86. The largest absolute Gasteiger partial charge is 0.491 e. The molecule has 1 N–H and O–H groups in total. The molecule has 1 heterocycles. The number of carbonyl (C=O) groups excluding carboxylic acids is 2. The van der Waals surface area contributed by atoms with Gasteiger partial charge in [0.15, 0.2) is 0 Å². The quantitative estimate of drug-likeness (QED) is 0.898. The normalized spacial score (nSPS) is 16.8. The Hall–Kier alpha value is -1.24. The van der Waals surface area contributed by atoms with Crippen LogP contribution in [0.25, 0.3) is 0 Å². The maximum Gasteiger partial charge on any atom is 0.288 e. The number of nitrogens with zero attached hydrogens (tertiary/aromatic N) is 1. The number of imide groups is 1. The van der Waals surface area contributed by atoms with E-state index in [2.05, 4.69) is 0 Å². The number of halogens is 1. The Kier molecular flexibility index (Phi) is 4.68. The molecule has 1 saturated heterocycles. The number of benzene rings is 1. The van der Waals surface area contributed by atoms with E-state index in [1.165, 1.54) is 0 Å². The SMILES string of the molecule is O=C1CSC(=O)N1C[C@@H](O)COc1ccc(Cl)cc1. The molecule has 19 heavy (non-hydrogen) atoms. The summed E-state index contributed by atoms with van der Waals surface area (Å²) in [6.07, 6.45) is -0.915. The molecule has 1 aliphatic rings. The van der Waals surface area contributed by atoms with E-state index in [1.54, 1.807) is 24.3 Å². The van der Waals surface area contributed by atoms with Gasteiger partial charge in [0.1, 0.15) is 18.5 Å². The molecule has 7 heteroatoms. The molecule has 1 atom stereocenters. The number of amides is 2. The molecule has 2 amide bonds. The van der Waals surface area contributed by atoms with Crippen molar-refractivity contribution in [3.8, 4) is 5.75 Å². The van der Waals surface area contributed by atoms with Crippen LogP contribution in [0.4, 0.5) is 4.79 Å². The predicted octanol–water partition coefficient (Wildman–Crippen LogP) is 1.78. The number of β-amino-alcohol motifs (C(OH)–C–C–N with tert-alkyl or cyclic N) is 1. The summed E-state index contributed by atoms with van der Waals surface area (Å²) in [5.41, 5.74) is 0. The fourth-order valence-electron chi connectivity index (χ4n) is 1.54. The van der Waals surface area contributed by atoms with E-state index in [0.717, 1.165) is 16.7 Å². The van der Waals surface area contributed by atoms with E-state index in [-0.39, 0.29) is 30.1 Å². The smallest absolute Gasteiger partial charge is 0.288 e. The first-order chi connectivity index (χ1) is 9.06. The van der Waals surface area contributed by atoms with Gasteiger partial charge >= 0.3 is 0 Å². The van der Waals surface area contributed by atoms with Crippen LogP contribution in [0.3, 0.4) is 0 Å². The highest BCUT2D eigenvalue weighted by Gasteiger charge is 2.31. The Morgan fingerprint density at radius 3 is 2.63 bits per heavy atom. The van der Waals surface area contributed by atoms with E-state index in [1.807, 2.05) is 0 Å². The van der Waals surface area contributed by atoms with Gasteiger partial charge in [-0.15, -0.1) is 0 Å². The molecular weight excluding hydrogens is 290 g/mol. The van der Waals surface area contributed by atoms with Crippen LogP contribution in [-0.2, 0) is 4.79 Å². The lowest BCUT2D eigenvalue weighted by Gasteiger charge is -2.18. The molecular formula is C12H12ClNO4S. The molecule has 0 spiro atoms. The average Bonchev–Trinajstić information content (AvgIpc) is 2.70. The molecule has 2 rings (SSSR count). The predicted molar refractivity (Wildman–Crippen MR) is 72.5 cm³/mol. The van der Waals surface area contributed by atoms with Gasteiger partial charge in [-0.2, -0.15) is 0 Å². The Morgan fingerprint density at radius 1 is 1.37 bits per heavy atom. The number of hydrogen-bond donors (Lipinski definition) is 1. The lowest BCUT2D eigenvalue weighted by Crippen LogP contribution is -2.38. The van der Waals surface area contributed by atoms with Gasteiger partial charge in [0, 0.05) is 5.02 Å². The van der Waals surface area contributed by atoms with Crippen LogP contribution >= 0.6 is 23.4 Å². The number of aliphatic hydroxyl groups is 1. The van der Waals surface area contributed by atoms with E-state index in [9.17, 15) is 14.7 Å². The van der Waals surface area contributed by atoms with E-state index in [4.69, 9.17) is 16.3 Å². The van der Waals surface area contributed by atoms with Gasteiger partial charge < -0.3 is 9.84 Å². The van der Waals surface area contributed by atoms with Crippen molar-refractivity contribution in [1.29, 1.82) is 0 Å². The molecule has 102 valence electrons. The Morgan fingerprint density at radius 2 is 2.05 bits per heavy atom. The van der Waals surface area contributed by atoms with Gasteiger partial charge in [0.25, 0.3) is 5.24 Å². The second-order valence-electron chi connectivity index (χ2n) is 3.98. The number of thioether (sulfide) groups is 1. The van der Waals surface area contributed by atoms with Crippen LogP contribution in [0.1, 0.15) is 0 Å². The van der Waals surface area contributed by atoms with Crippen molar-refractivity contribution in [3.63, 3.8) is 0 Å². The second-order valence-corrected chi connectivity index (χ2v) is 5.34. The third-order valence-electron chi connectivity index (χ3n) is 2.49. The maximum absolute atomic E-state index is 11.3. The van der Waals surface area contributed by atoms with Crippen LogP contribution < -0.4 is 4.74 Å². The molecule has 5 nitrogen and oxygen atoms in total. The molecule has 1 aliphatic heterocycles. The highest BCUT2D eigenvalue weighted by molar-refractivity contribution is 8.14. The van der Waals surface area contributed by atoms with E-state index >= 15 is 0 Å². The molecule has 0 aromatic heterocycles. The molecule has 1 aromatic rings. The first-order valence-electron chi connectivity index (χ1n) is 5.60. The van der Waals surface area contributed by atoms with Crippen molar-refractivity contribution >= 4 is 34.5 Å². The van der Waals surface area contributed by atoms with Crippen molar-refractivity contribution in [2.24, 2.45) is 0 Å². The Balaban J connectivity index is 1.81. The average molecular weight is 302 g/mol. The molecule has 1 fully saturated rings. The lowest BCUT2D eigenvalue weighted by atomic mass is 10.3. The summed E-state index contributed by atoms with van der Waals surface area (Å²) in [7, 11) is 0. The Bertz CT molecular complexity index is 463. The topological polar surface area (TPSA) is 66.8 Å². The lowest BCUT2D eigenvalue weighted by molar-refractivity contribution is -0.125. The van der Waals surface area contributed by atoms with Crippen molar-refractivity contribution in [2.45, 2.75) is 6.10 Å². The number of ether oxygens (including phenoxy) is 1. The molecule has 0 aliphatic carbocycles. The van der Waals surface area contributed by atoms with E-state index in [0.29, 0.717) is 10.8 Å². The van der Waals surface area contributed by atoms with Crippen LogP contribution in [0.2, 0.25) is 5.02 Å².